The van der Waals surface area contributed by atoms with Gasteiger partial charge in [0.25, 0.3) is 5.91 Å². The van der Waals surface area contributed by atoms with Crippen molar-refractivity contribution in [3.8, 4) is 0 Å². The molecule has 3 aromatic rings. The van der Waals surface area contributed by atoms with Crippen molar-refractivity contribution in [3.63, 3.8) is 0 Å². The molecule has 1 amide bonds. The smallest absolute Gasteiger partial charge is 0.392 e. The Bertz CT molecular complexity index is 1180. The van der Waals surface area contributed by atoms with Crippen LogP contribution in [-0.2, 0) is 25.7 Å². The van der Waals surface area contributed by atoms with E-state index in [1.807, 2.05) is 0 Å². The minimum Gasteiger partial charge on any atom is -0.392 e. The molecule has 186 valence electrons. The van der Waals surface area contributed by atoms with Crippen molar-refractivity contribution in [2.45, 2.75) is 51.6 Å². The first-order valence-electron chi connectivity index (χ1n) is 11.1. The molecular weight excluding hydrogens is 471 g/mol. The summed E-state index contributed by atoms with van der Waals surface area (Å²) in [6.45, 7) is -3.18. The third kappa shape index (κ3) is 5.34. The number of fused-ring (bicyclic) bond motifs is 1. The minimum atomic E-state index is -4.57. The van der Waals surface area contributed by atoms with E-state index in [0.717, 1.165) is 29.8 Å². The fourth-order valence-electron chi connectivity index (χ4n) is 4.16. The fourth-order valence-corrected chi connectivity index (χ4v) is 4.16. The zero-order valence-electron chi connectivity index (χ0n) is 18.6. The predicted molar refractivity (Wildman–Crippen MR) is 117 cm³/mol. The number of aliphatic hydroxyl groups excluding tert-OH is 1. The molecule has 1 aliphatic heterocycles. The number of carbonyl (C=O) groups excluding carboxylic acids is 1. The third-order valence-corrected chi connectivity index (χ3v) is 6.21. The van der Waals surface area contributed by atoms with Crippen LogP contribution in [0, 0.1) is 5.92 Å². The molecule has 0 radical (unpaired) electrons. The number of halogens is 5. The number of anilines is 1. The summed E-state index contributed by atoms with van der Waals surface area (Å²) in [6, 6.07) is 10.8. The second-order valence-electron chi connectivity index (χ2n) is 8.49. The monoisotopic (exact) mass is 494 g/mol. The highest BCUT2D eigenvalue weighted by Crippen LogP contribution is 2.39. The van der Waals surface area contributed by atoms with Gasteiger partial charge < -0.3 is 10.0 Å². The van der Waals surface area contributed by atoms with Crippen molar-refractivity contribution < 1.29 is 31.9 Å². The van der Waals surface area contributed by atoms with Gasteiger partial charge in [-0.3, -0.25) is 9.36 Å². The zero-order chi connectivity index (χ0) is 25.2. The number of hydrogen-bond acceptors (Lipinski definition) is 4. The number of benzene rings is 2. The molecule has 1 saturated carbocycles. The molecular formula is C24H23F5N4O2. The Morgan fingerprint density at radius 1 is 1.11 bits per heavy atom. The number of carbonyl (C=O) groups is 1. The lowest BCUT2D eigenvalue weighted by Gasteiger charge is -2.24. The van der Waals surface area contributed by atoms with Gasteiger partial charge in [0.1, 0.15) is 12.2 Å². The first-order valence-corrected chi connectivity index (χ1v) is 11.1. The molecule has 1 aliphatic carbocycles. The van der Waals surface area contributed by atoms with Crippen molar-refractivity contribution in [2.75, 3.05) is 4.90 Å². The van der Waals surface area contributed by atoms with Crippen molar-refractivity contribution in [1.29, 1.82) is 0 Å². The van der Waals surface area contributed by atoms with E-state index in [2.05, 4.69) is 10.2 Å². The largest absolute Gasteiger partial charge is 0.416 e. The lowest BCUT2D eigenvalue weighted by molar-refractivity contribution is -0.138. The number of aromatic nitrogens is 3. The molecule has 6 nitrogen and oxygen atoms in total. The molecule has 0 bridgehead atoms. The molecule has 0 atom stereocenters. The van der Waals surface area contributed by atoms with Crippen LogP contribution in [0.25, 0.3) is 0 Å². The van der Waals surface area contributed by atoms with Crippen LogP contribution in [-0.4, -0.2) is 25.8 Å². The van der Waals surface area contributed by atoms with Crippen molar-refractivity contribution in [1.82, 2.24) is 14.8 Å². The molecule has 0 spiro atoms. The molecule has 1 aromatic heterocycles. The number of hydrogen-bond donors (Lipinski definition) is 1. The third-order valence-electron chi connectivity index (χ3n) is 6.21. The van der Waals surface area contributed by atoms with Crippen molar-refractivity contribution in [3.05, 3.63) is 76.9 Å². The summed E-state index contributed by atoms with van der Waals surface area (Å²) in [7, 11) is 0. The zero-order valence-corrected chi connectivity index (χ0v) is 18.6. The minimum absolute atomic E-state index is 0.00253. The van der Waals surface area contributed by atoms with Crippen LogP contribution in [0.1, 0.15) is 58.7 Å². The standard InChI is InChI=1S/C16H12F3NO2.C8H11F2N3/c17-16(18,19)14-7-10(9-21)6-12-13(14)8-20(15(12)22)11-4-2-1-3-5-11;9-8(10)13-5-11-12-7(13)4-6-2-1-3-6/h1-7,21H,8-9H2;5-6,8H,1-4H2. The van der Waals surface area contributed by atoms with Gasteiger partial charge in [-0.1, -0.05) is 37.5 Å². The van der Waals surface area contributed by atoms with Crippen LogP contribution >= 0.6 is 0 Å². The number of para-hydroxylation sites is 1. The van der Waals surface area contributed by atoms with Crippen molar-refractivity contribution >= 4 is 11.6 Å². The van der Waals surface area contributed by atoms with E-state index in [-0.39, 0.29) is 23.2 Å². The highest BCUT2D eigenvalue weighted by atomic mass is 19.4. The maximum Gasteiger partial charge on any atom is 0.416 e. The summed E-state index contributed by atoms with van der Waals surface area (Å²) < 4.78 is 65.1. The Morgan fingerprint density at radius 3 is 2.40 bits per heavy atom. The maximum atomic E-state index is 13.2. The molecule has 1 fully saturated rings. The van der Waals surface area contributed by atoms with E-state index < -0.39 is 30.8 Å². The van der Waals surface area contributed by atoms with Gasteiger partial charge in [0, 0.05) is 17.7 Å². The van der Waals surface area contributed by atoms with Gasteiger partial charge in [-0.2, -0.15) is 22.0 Å². The molecule has 35 heavy (non-hydrogen) atoms. The normalized spacial score (nSPS) is 15.6. The van der Waals surface area contributed by atoms with E-state index >= 15 is 0 Å². The van der Waals surface area contributed by atoms with Gasteiger partial charge in [-0.25, -0.2) is 0 Å². The Balaban J connectivity index is 0.000000189. The Kier molecular flexibility index (Phi) is 7.15. The Hall–Kier alpha value is -3.34. The van der Waals surface area contributed by atoms with Gasteiger partial charge in [0.15, 0.2) is 0 Å². The molecule has 2 aliphatic rings. The van der Waals surface area contributed by atoms with Crippen LogP contribution in [0.15, 0.2) is 48.8 Å². The van der Waals surface area contributed by atoms with E-state index in [0.29, 0.717) is 23.9 Å². The average Bonchev–Trinajstić information content (AvgIpc) is 3.41. The molecule has 1 N–H and O–H groups in total. The molecule has 11 heteroatoms. The SMILES string of the molecule is FC(F)n1cnnc1CC1CCC1.O=C1c2cc(CO)cc(C(F)(F)F)c2CN1c1ccccc1. The number of aliphatic hydroxyl groups is 1. The Labute approximate surface area is 198 Å². The summed E-state index contributed by atoms with van der Waals surface area (Å²) in [4.78, 5) is 13.7. The first kappa shape index (κ1) is 24.8. The quantitative estimate of drug-likeness (QED) is 0.484. The highest BCUT2D eigenvalue weighted by Gasteiger charge is 2.40. The van der Waals surface area contributed by atoms with Crippen LogP contribution < -0.4 is 4.90 Å². The summed E-state index contributed by atoms with van der Waals surface area (Å²) in [6.07, 6.45) is 0.658. The van der Waals surface area contributed by atoms with Crippen LogP contribution in [0.2, 0.25) is 0 Å². The Morgan fingerprint density at radius 2 is 1.83 bits per heavy atom. The van der Waals surface area contributed by atoms with Crippen LogP contribution in [0.4, 0.5) is 27.6 Å². The molecule has 5 rings (SSSR count). The summed E-state index contributed by atoms with van der Waals surface area (Å²) >= 11 is 0. The van der Waals surface area contributed by atoms with Crippen molar-refractivity contribution in [2.24, 2.45) is 5.92 Å². The number of rotatable bonds is 5. The van der Waals surface area contributed by atoms with Crippen LogP contribution in [0.3, 0.4) is 0 Å². The fraction of sp³-hybridized carbons (Fsp3) is 0.375. The van der Waals surface area contributed by atoms with Crippen LogP contribution in [0.5, 0.6) is 0 Å². The number of alkyl halides is 5. The van der Waals surface area contributed by atoms with Gasteiger partial charge in [-0.15, -0.1) is 10.2 Å². The second kappa shape index (κ2) is 10.1. The number of nitrogens with zero attached hydrogens (tertiary/aromatic N) is 4. The number of amides is 1. The van der Waals surface area contributed by atoms with Gasteiger partial charge in [0.2, 0.25) is 0 Å². The van der Waals surface area contributed by atoms with Gasteiger partial charge in [-0.05, 0) is 41.3 Å². The summed E-state index contributed by atoms with van der Waals surface area (Å²) in [5.41, 5.74) is -0.279. The van der Waals surface area contributed by atoms with Gasteiger partial charge in [0.05, 0.1) is 18.7 Å². The molecule has 2 aromatic carbocycles. The molecule has 2 heterocycles. The topological polar surface area (TPSA) is 71.2 Å². The maximum absolute atomic E-state index is 13.2. The highest BCUT2D eigenvalue weighted by molar-refractivity contribution is 6.10. The second-order valence-corrected chi connectivity index (χ2v) is 8.49. The van der Waals surface area contributed by atoms with Gasteiger partial charge >= 0.3 is 12.7 Å². The first-order chi connectivity index (χ1) is 16.7. The lowest BCUT2D eigenvalue weighted by atomic mass is 9.83. The predicted octanol–water partition coefficient (Wildman–Crippen LogP) is 5.37. The molecule has 0 saturated heterocycles. The summed E-state index contributed by atoms with van der Waals surface area (Å²) in [5.74, 6) is 0.475. The van der Waals surface area contributed by atoms with E-state index in [1.54, 1.807) is 30.3 Å². The average molecular weight is 494 g/mol. The summed E-state index contributed by atoms with van der Waals surface area (Å²) in [5, 5.41) is 16.3. The van der Waals surface area contributed by atoms with E-state index in [4.69, 9.17) is 5.11 Å². The van der Waals surface area contributed by atoms with E-state index in [9.17, 15) is 26.7 Å². The molecule has 0 unspecified atom stereocenters. The van der Waals surface area contributed by atoms with E-state index in [1.165, 1.54) is 17.4 Å². The lowest BCUT2D eigenvalue weighted by Crippen LogP contribution is -2.22.